The largest absolute Gasteiger partial charge is 0.348 e. The molecule has 0 N–H and O–H groups in total. The summed E-state index contributed by atoms with van der Waals surface area (Å²) in [5.41, 5.74) is 8.23. The molecule has 1 saturated heterocycles. The fourth-order valence-electron chi connectivity index (χ4n) is 1.88. The second-order valence-corrected chi connectivity index (χ2v) is 3.21. The van der Waals surface area contributed by atoms with E-state index in [4.69, 9.17) is 15.0 Å². The van der Waals surface area contributed by atoms with E-state index in [1.165, 1.54) is 0 Å². The predicted molar refractivity (Wildman–Crippen MR) is 41.4 cm³/mol. The van der Waals surface area contributed by atoms with Crippen LogP contribution < -0.4 is 0 Å². The van der Waals surface area contributed by atoms with E-state index in [0.29, 0.717) is 13.2 Å². The number of nitrogens with zero attached hydrogens (tertiary/aromatic N) is 3. The molecular formula is C7H11N3O2. The van der Waals surface area contributed by atoms with Gasteiger partial charge in [-0.05, 0) is 12.0 Å². The highest BCUT2D eigenvalue weighted by Gasteiger charge is 2.43. The zero-order valence-electron chi connectivity index (χ0n) is 6.77. The summed E-state index contributed by atoms with van der Waals surface area (Å²) < 4.78 is 10.9. The Hall–Kier alpha value is -0.770. The first kappa shape index (κ1) is 7.86. The molecule has 1 heterocycles. The zero-order chi connectivity index (χ0) is 8.44. The molecule has 2 rings (SSSR count). The third-order valence-corrected chi connectivity index (χ3v) is 2.43. The smallest absolute Gasteiger partial charge is 0.168 e. The molecule has 2 aliphatic rings. The molecule has 1 atom stereocenters. The van der Waals surface area contributed by atoms with Crippen LogP contribution in [0.5, 0.6) is 0 Å². The highest BCUT2D eigenvalue weighted by Crippen LogP contribution is 2.38. The van der Waals surface area contributed by atoms with E-state index in [1.54, 1.807) is 0 Å². The van der Waals surface area contributed by atoms with E-state index in [-0.39, 0.29) is 6.04 Å². The molecule has 1 aliphatic heterocycles. The number of azide groups is 1. The van der Waals surface area contributed by atoms with Gasteiger partial charge in [0.05, 0.1) is 13.2 Å². The van der Waals surface area contributed by atoms with Gasteiger partial charge in [-0.25, -0.2) is 0 Å². The Balaban J connectivity index is 2.00. The van der Waals surface area contributed by atoms with Gasteiger partial charge in [-0.1, -0.05) is 5.11 Å². The molecule has 0 bridgehead atoms. The van der Waals surface area contributed by atoms with Gasteiger partial charge < -0.3 is 9.47 Å². The Morgan fingerprint density at radius 3 is 2.83 bits per heavy atom. The van der Waals surface area contributed by atoms with Gasteiger partial charge in [0.15, 0.2) is 5.79 Å². The van der Waals surface area contributed by atoms with Crippen LogP contribution in [0.1, 0.15) is 19.3 Å². The minimum Gasteiger partial charge on any atom is -0.348 e. The van der Waals surface area contributed by atoms with Gasteiger partial charge in [0, 0.05) is 23.8 Å². The van der Waals surface area contributed by atoms with E-state index in [9.17, 15) is 0 Å². The lowest BCUT2D eigenvalue weighted by atomic mass is 10.2. The molecule has 0 aromatic carbocycles. The van der Waals surface area contributed by atoms with Crippen molar-refractivity contribution in [3.05, 3.63) is 10.4 Å². The molecule has 1 aliphatic carbocycles. The van der Waals surface area contributed by atoms with Crippen molar-refractivity contribution < 1.29 is 9.47 Å². The van der Waals surface area contributed by atoms with Gasteiger partial charge in [-0.15, -0.1) is 0 Å². The normalized spacial score (nSPS) is 32.2. The van der Waals surface area contributed by atoms with Crippen LogP contribution in [-0.4, -0.2) is 25.0 Å². The average Bonchev–Trinajstić information content (AvgIpc) is 2.65. The molecule has 1 saturated carbocycles. The molecule has 5 nitrogen and oxygen atoms in total. The van der Waals surface area contributed by atoms with Gasteiger partial charge in [-0.3, -0.25) is 0 Å². The fraction of sp³-hybridized carbons (Fsp3) is 1.00. The van der Waals surface area contributed by atoms with Crippen molar-refractivity contribution in [1.82, 2.24) is 0 Å². The quantitative estimate of drug-likeness (QED) is 0.340. The van der Waals surface area contributed by atoms with Crippen LogP contribution in [0.2, 0.25) is 0 Å². The van der Waals surface area contributed by atoms with E-state index in [1.807, 2.05) is 0 Å². The molecule has 0 aromatic heterocycles. The highest BCUT2D eigenvalue weighted by atomic mass is 16.7. The molecule has 1 spiro atoms. The van der Waals surface area contributed by atoms with E-state index >= 15 is 0 Å². The summed E-state index contributed by atoms with van der Waals surface area (Å²) in [6, 6.07) is 0.0631. The Morgan fingerprint density at radius 2 is 2.17 bits per heavy atom. The summed E-state index contributed by atoms with van der Waals surface area (Å²) in [6.45, 7) is 1.34. The molecule has 0 aromatic rings. The van der Waals surface area contributed by atoms with Crippen molar-refractivity contribution in [2.24, 2.45) is 5.11 Å². The minimum atomic E-state index is -0.404. The van der Waals surface area contributed by atoms with Crippen LogP contribution in [-0.2, 0) is 9.47 Å². The molecule has 1 unspecified atom stereocenters. The summed E-state index contributed by atoms with van der Waals surface area (Å²) in [4.78, 5) is 2.79. The van der Waals surface area contributed by atoms with Crippen LogP contribution in [0, 0.1) is 0 Å². The first-order chi connectivity index (χ1) is 5.85. The van der Waals surface area contributed by atoms with Gasteiger partial charge >= 0.3 is 0 Å². The van der Waals surface area contributed by atoms with Crippen molar-refractivity contribution in [2.75, 3.05) is 13.2 Å². The molecule has 5 heteroatoms. The van der Waals surface area contributed by atoms with Crippen molar-refractivity contribution in [3.63, 3.8) is 0 Å². The number of hydrogen-bond acceptors (Lipinski definition) is 3. The van der Waals surface area contributed by atoms with Gasteiger partial charge in [0.1, 0.15) is 0 Å². The first-order valence-electron chi connectivity index (χ1n) is 4.17. The summed E-state index contributed by atoms with van der Waals surface area (Å²) in [6.07, 6.45) is 2.46. The monoisotopic (exact) mass is 169 g/mol. The standard InChI is InChI=1S/C7H11N3O2/c8-10-9-6-1-2-7(5-6)11-3-4-12-7/h6H,1-5H2. The maximum absolute atomic E-state index is 8.23. The Bertz CT molecular complexity index is 219. The van der Waals surface area contributed by atoms with Crippen molar-refractivity contribution in [2.45, 2.75) is 31.1 Å². The number of hydrogen-bond donors (Lipinski definition) is 0. The van der Waals surface area contributed by atoms with Crippen molar-refractivity contribution in [3.8, 4) is 0 Å². The van der Waals surface area contributed by atoms with Crippen molar-refractivity contribution >= 4 is 0 Å². The third-order valence-electron chi connectivity index (χ3n) is 2.43. The van der Waals surface area contributed by atoms with Crippen LogP contribution in [0.15, 0.2) is 5.11 Å². The molecule has 0 radical (unpaired) electrons. The second-order valence-electron chi connectivity index (χ2n) is 3.21. The minimum absolute atomic E-state index is 0.0631. The van der Waals surface area contributed by atoms with E-state index in [0.717, 1.165) is 19.3 Å². The van der Waals surface area contributed by atoms with Gasteiger partial charge in [-0.2, -0.15) is 0 Å². The second kappa shape index (κ2) is 2.94. The maximum atomic E-state index is 8.23. The van der Waals surface area contributed by atoms with Gasteiger partial charge in [0.25, 0.3) is 0 Å². The Labute approximate surface area is 70.3 Å². The van der Waals surface area contributed by atoms with Crippen molar-refractivity contribution in [1.29, 1.82) is 0 Å². The molecule has 66 valence electrons. The zero-order valence-corrected chi connectivity index (χ0v) is 6.77. The molecular weight excluding hydrogens is 158 g/mol. The molecule has 0 amide bonds. The van der Waals surface area contributed by atoms with E-state index < -0.39 is 5.79 Å². The van der Waals surface area contributed by atoms with Crippen LogP contribution >= 0.6 is 0 Å². The highest BCUT2D eigenvalue weighted by molar-refractivity contribution is 4.89. The molecule has 12 heavy (non-hydrogen) atoms. The van der Waals surface area contributed by atoms with E-state index in [2.05, 4.69) is 10.0 Å². The lowest BCUT2D eigenvalue weighted by Crippen LogP contribution is -2.26. The van der Waals surface area contributed by atoms with Crippen LogP contribution in [0.3, 0.4) is 0 Å². The first-order valence-corrected chi connectivity index (χ1v) is 4.17. The maximum Gasteiger partial charge on any atom is 0.168 e. The number of ether oxygens (including phenoxy) is 2. The lowest BCUT2D eigenvalue weighted by molar-refractivity contribution is -0.150. The Kier molecular flexibility index (Phi) is 1.92. The Morgan fingerprint density at radius 1 is 1.42 bits per heavy atom. The third kappa shape index (κ3) is 1.27. The fourth-order valence-corrected chi connectivity index (χ4v) is 1.88. The van der Waals surface area contributed by atoms with Crippen LogP contribution in [0.25, 0.3) is 10.4 Å². The summed E-state index contributed by atoms with van der Waals surface area (Å²) in [7, 11) is 0. The molecule has 2 fully saturated rings. The summed E-state index contributed by atoms with van der Waals surface area (Å²) in [5, 5.41) is 3.66. The SMILES string of the molecule is [N-]=[N+]=NC1CCC2(C1)OCCO2. The predicted octanol–water partition coefficient (Wildman–Crippen LogP) is 1.59. The topological polar surface area (TPSA) is 67.2 Å². The lowest BCUT2D eigenvalue weighted by Gasteiger charge is -2.20. The average molecular weight is 169 g/mol. The number of rotatable bonds is 1. The summed E-state index contributed by atoms with van der Waals surface area (Å²) in [5.74, 6) is -0.404. The van der Waals surface area contributed by atoms with Crippen LogP contribution in [0.4, 0.5) is 0 Å². The van der Waals surface area contributed by atoms with Gasteiger partial charge in [0.2, 0.25) is 0 Å². The summed E-state index contributed by atoms with van der Waals surface area (Å²) >= 11 is 0.